The lowest BCUT2D eigenvalue weighted by atomic mass is 10.1. The van der Waals surface area contributed by atoms with E-state index in [1.165, 1.54) is 25.4 Å². The molecule has 0 saturated carbocycles. The van der Waals surface area contributed by atoms with Crippen LogP contribution in [0.25, 0.3) is 11.1 Å². The van der Waals surface area contributed by atoms with Crippen molar-refractivity contribution in [1.29, 1.82) is 0 Å². The molecule has 0 spiro atoms. The average molecular weight is 231 g/mol. The maximum absolute atomic E-state index is 13.0. The molecular weight excluding hydrogens is 221 g/mol. The van der Waals surface area contributed by atoms with E-state index in [1.807, 2.05) is 0 Å². The van der Waals surface area contributed by atoms with Gasteiger partial charge in [-0.25, -0.2) is 4.39 Å². The van der Waals surface area contributed by atoms with E-state index in [-0.39, 0.29) is 5.82 Å². The molecule has 17 heavy (non-hydrogen) atoms. The summed E-state index contributed by atoms with van der Waals surface area (Å²) < 4.78 is 18.1. The third-order valence-electron chi connectivity index (χ3n) is 2.37. The number of pyridine rings is 1. The second-order valence-corrected chi connectivity index (χ2v) is 3.47. The largest absolute Gasteiger partial charge is 0.496 e. The van der Waals surface area contributed by atoms with Crippen LogP contribution in [0.2, 0.25) is 0 Å². The van der Waals surface area contributed by atoms with E-state index in [0.29, 0.717) is 28.7 Å². The van der Waals surface area contributed by atoms with Gasteiger partial charge < -0.3 is 4.74 Å². The van der Waals surface area contributed by atoms with Crippen LogP contribution in [0, 0.1) is 5.82 Å². The number of rotatable bonds is 3. The molecule has 0 radical (unpaired) electrons. The third kappa shape index (κ3) is 2.30. The molecule has 3 nitrogen and oxygen atoms in total. The van der Waals surface area contributed by atoms with Crippen molar-refractivity contribution in [3.63, 3.8) is 0 Å². The molecular formula is C13H10FNO2. The van der Waals surface area contributed by atoms with E-state index in [2.05, 4.69) is 4.98 Å². The third-order valence-corrected chi connectivity index (χ3v) is 2.37. The van der Waals surface area contributed by atoms with Crippen molar-refractivity contribution in [2.75, 3.05) is 7.11 Å². The second kappa shape index (κ2) is 4.74. The van der Waals surface area contributed by atoms with Gasteiger partial charge in [-0.15, -0.1) is 0 Å². The van der Waals surface area contributed by atoms with Crippen molar-refractivity contribution in [1.82, 2.24) is 4.98 Å². The maximum atomic E-state index is 13.0. The monoisotopic (exact) mass is 231 g/mol. The maximum Gasteiger partial charge on any atom is 0.151 e. The zero-order valence-electron chi connectivity index (χ0n) is 9.18. The molecule has 0 aliphatic carbocycles. The molecule has 0 unspecified atom stereocenters. The summed E-state index contributed by atoms with van der Waals surface area (Å²) in [6, 6.07) is 5.91. The first-order valence-electron chi connectivity index (χ1n) is 4.98. The normalized spacial score (nSPS) is 10.0. The Hall–Kier alpha value is -2.23. The van der Waals surface area contributed by atoms with Crippen molar-refractivity contribution >= 4 is 6.29 Å². The fourth-order valence-electron chi connectivity index (χ4n) is 1.57. The van der Waals surface area contributed by atoms with Crippen molar-refractivity contribution in [2.45, 2.75) is 0 Å². The number of hydrogen-bond acceptors (Lipinski definition) is 3. The number of benzene rings is 1. The van der Waals surface area contributed by atoms with E-state index in [0.717, 1.165) is 0 Å². The van der Waals surface area contributed by atoms with E-state index in [1.54, 1.807) is 18.3 Å². The lowest BCUT2D eigenvalue weighted by Crippen LogP contribution is -1.91. The van der Waals surface area contributed by atoms with Crippen LogP contribution in [-0.4, -0.2) is 18.4 Å². The molecule has 0 amide bonds. The average Bonchev–Trinajstić information content (AvgIpc) is 2.38. The Balaban J connectivity index is 2.55. The number of methoxy groups -OCH3 is 1. The zero-order chi connectivity index (χ0) is 12.3. The van der Waals surface area contributed by atoms with Gasteiger partial charge in [0, 0.05) is 35.2 Å². The quantitative estimate of drug-likeness (QED) is 0.762. The molecule has 0 N–H and O–H groups in total. The topological polar surface area (TPSA) is 39.2 Å². The van der Waals surface area contributed by atoms with Gasteiger partial charge >= 0.3 is 0 Å². The van der Waals surface area contributed by atoms with Gasteiger partial charge in [0.2, 0.25) is 0 Å². The molecule has 4 heteroatoms. The Morgan fingerprint density at radius 1 is 1.29 bits per heavy atom. The molecule has 2 aromatic rings. The van der Waals surface area contributed by atoms with Gasteiger partial charge in [0.1, 0.15) is 11.6 Å². The van der Waals surface area contributed by atoms with Crippen molar-refractivity contribution in [2.24, 2.45) is 0 Å². The van der Waals surface area contributed by atoms with Gasteiger partial charge in [-0.05, 0) is 18.2 Å². The first-order chi connectivity index (χ1) is 8.24. The Labute approximate surface area is 97.9 Å². The van der Waals surface area contributed by atoms with Crippen LogP contribution >= 0.6 is 0 Å². The lowest BCUT2D eigenvalue weighted by molar-refractivity contribution is 0.112. The van der Waals surface area contributed by atoms with Gasteiger partial charge in [-0.2, -0.15) is 0 Å². The number of nitrogens with zero attached hydrogens (tertiary/aromatic N) is 1. The van der Waals surface area contributed by atoms with Crippen molar-refractivity contribution in [3.05, 3.63) is 48.0 Å². The number of aldehydes is 1. The summed E-state index contributed by atoms with van der Waals surface area (Å²) >= 11 is 0. The minimum absolute atomic E-state index is 0.370. The van der Waals surface area contributed by atoms with Crippen LogP contribution in [0.5, 0.6) is 5.75 Å². The van der Waals surface area contributed by atoms with Gasteiger partial charge in [0.15, 0.2) is 6.29 Å². The van der Waals surface area contributed by atoms with Gasteiger partial charge in [-0.3, -0.25) is 9.78 Å². The summed E-state index contributed by atoms with van der Waals surface area (Å²) in [6.45, 7) is 0. The first-order valence-corrected chi connectivity index (χ1v) is 4.98. The molecule has 1 aromatic heterocycles. The first kappa shape index (κ1) is 11.3. The number of halogens is 1. The number of ether oxygens (including phenoxy) is 1. The summed E-state index contributed by atoms with van der Waals surface area (Å²) in [5, 5.41) is 0. The van der Waals surface area contributed by atoms with E-state index in [9.17, 15) is 9.18 Å². The summed E-state index contributed by atoms with van der Waals surface area (Å²) in [6.07, 6.45) is 3.78. The van der Waals surface area contributed by atoms with Crippen LogP contribution in [0.1, 0.15) is 10.4 Å². The summed E-state index contributed by atoms with van der Waals surface area (Å²) in [5.41, 5.74) is 1.88. The minimum atomic E-state index is -0.370. The number of hydrogen-bond donors (Lipinski definition) is 0. The number of carbonyl (C=O) groups is 1. The summed E-state index contributed by atoms with van der Waals surface area (Å²) in [7, 11) is 1.47. The van der Waals surface area contributed by atoms with E-state index in [4.69, 9.17) is 4.74 Å². The smallest absolute Gasteiger partial charge is 0.151 e. The second-order valence-electron chi connectivity index (χ2n) is 3.47. The highest BCUT2D eigenvalue weighted by Crippen LogP contribution is 2.30. The van der Waals surface area contributed by atoms with Crippen LogP contribution in [0.3, 0.4) is 0 Å². The predicted molar refractivity (Wildman–Crippen MR) is 61.6 cm³/mol. The molecule has 1 heterocycles. The van der Waals surface area contributed by atoms with Crippen LogP contribution in [0.4, 0.5) is 4.39 Å². The Kier molecular flexibility index (Phi) is 3.14. The van der Waals surface area contributed by atoms with E-state index < -0.39 is 0 Å². The molecule has 0 bridgehead atoms. The minimum Gasteiger partial charge on any atom is -0.496 e. The molecule has 0 fully saturated rings. The lowest BCUT2D eigenvalue weighted by Gasteiger charge is -2.08. The highest BCUT2D eigenvalue weighted by atomic mass is 19.1. The molecule has 0 aliphatic rings. The SMILES string of the molecule is COc1cc(F)ccc1-c1cncc(C=O)c1. The van der Waals surface area contributed by atoms with Gasteiger partial charge in [0.25, 0.3) is 0 Å². The fraction of sp³-hybridized carbons (Fsp3) is 0.0769. The van der Waals surface area contributed by atoms with Crippen LogP contribution in [0.15, 0.2) is 36.7 Å². The summed E-state index contributed by atoms with van der Waals surface area (Å²) in [4.78, 5) is 14.6. The highest BCUT2D eigenvalue weighted by molar-refractivity contribution is 5.79. The Bertz CT molecular complexity index is 555. The van der Waals surface area contributed by atoms with Gasteiger partial charge in [-0.1, -0.05) is 0 Å². The molecule has 1 aromatic carbocycles. The molecule has 0 saturated heterocycles. The molecule has 0 aliphatic heterocycles. The van der Waals surface area contributed by atoms with Crippen molar-refractivity contribution < 1.29 is 13.9 Å². The zero-order valence-corrected chi connectivity index (χ0v) is 9.18. The highest BCUT2D eigenvalue weighted by Gasteiger charge is 2.07. The number of carbonyl (C=O) groups excluding carboxylic acids is 1. The van der Waals surface area contributed by atoms with Crippen molar-refractivity contribution in [3.8, 4) is 16.9 Å². The fourth-order valence-corrected chi connectivity index (χ4v) is 1.57. The Morgan fingerprint density at radius 3 is 2.82 bits per heavy atom. The van der Waals surface area contributed by atoms with E-state index >= 15 is 0 Å². The summed E-state index contributed by atoms with van der Waals surface area (Å²) in [5.74, 6) is 0.0416. The Morgan fingerprint density at radius 2 is 2.12 bits per heavy atom. The van der Waals surface area contributed by atoms with Crippen LogP contribution in [-0.2, 0) is 0 Å². The van der Waals surface area contributed by atoms with Gasteiger partial charge in [0.05, 0.1) is 7.11 Å². The standard InChI is InChI=1S/C13H10FNO2/c1-17-13-5-11(14)2-3-12(13)10-4-9(8-16)6-15-7-10/h2-8H,1H3. The molecule has 0 atom stereocenters. The number of aromatic nitrogens is 1. The molecule has 86 valence electrons. The molecule has 2 rings (SSSR count). The predicted octanol–water partition coefficient (Wildman–Crippen LogP) is 2.71. The van der Waals surface area contributed by atoms with Crippen LogP contribution < -0.4 is 4.74 Å².